The number of ether oxygens (including phenoxy) is 6. The molecule has 7 heteroatoms. The zero-order valence-corrected chi connectivity index (χ0v) is 22.0. The first-order valence-electron chi connectivity index (χ1n) is 13.3. The molecule has 0 N–H and O–H groups in total. The third-order valence-corrected chi connectivity index (χ3v) is 6.39. The van der Waals surface area contributed by atoms with E-state index in [2.05, 4.69) is 0 Å². The highest BCUT2D eigenvalue weighted by Gasteiger charge is 2.49. The predicted octanol–water partition coefficient (Wildman–Crippen LogP) is 6.31. The molecule has 4 aromatic carbocycles. The number of hydrogen-bond acceptors (Lipinski definition) is 7. The van der Waals surface area contributed by atoms with E-state index in [1.807, 2.05) is 97.1 Å². The van der Waals surface area contributed by atoms with Gasteiger partial charge in [0.2, 0.25) is 6.29 Å². The predicted molar refractivity (Wildman–Crippen MR) is 148 cm³/mol. The molecule has 0 spiro atoms. The van der Waals surface area contributed by atoms with Crippen LogP contribution < -0.4 is 4.74 Å². The van der Waals surface area contributed by atoms with Gasteiger partial charge in [-0.25, -0.2) is 4.79 Å². The minimum Gasteiger partial charge on any atom is -0.401 e. The largest absolute Gasteiger partial charge is 0.516 e. The summed E-state index contributed by atoms with van der Waals surface area (Å²) in [5.41, 5.74) is 3.01. The Balaban J connectivity index is 1.32. The van der Waals surface area contributed by atoms with Crippen LogP contribution in [0, 0.1) is 0 Å². The van der Waals surface area contributed by atoms with Crippen LogP contribution in [-0.2, 0) is 43.5 Å². The van der Waals surface area contributed by atoms with Crippen molar-refractivity contribution >= 4 is 6.16 Å². The summed E-state index contributed by atoms with van der Waals surface area (Å²) >= 11 is 0. The van der Waals surface area contributed by atoms with Crippen molar-refractivity contribution in [2.24, 2.45) is 0 Å². The number of carbonyl (C=O) groups is 1. The number of benzene rings is 4. The van der Waals surface area contributed by atoms with Gasteiger partial charge in [0, 0.05) is 0 Å². The maximum atomic E-state index is 12.7. The molecule has 1 saturated heterocycles. The molecule has 1 aliphatic rings. The highest BCUT2D eigenvalue weighted by molar-refractivity contribution is 5.63. The van der Waals surface area contributed by atoms with Crippen molar-refractivity contribution in [3.05, 3.63) is 138 Å². The highest BCUT2D eigenvalue weighted by Crippen LogP contribution is 2.30. The Bertz CT molecular complexity index is 1290. The quantitative estimate of drug-likeness (QED) is 0.154. The molecule has 0 aliphatic carbocycles. The fraction of sp³-hybridized carbons (Fsp3) is 0.242. The smallest absolute Gasteiger partial charge is 0.401 e. The van der Waals surface area contributed by atoms with Crippen molar-refractivity contribution < 1.29 is 33.2 Å². The summed E-state index contributed by atoms with van der Waals surface area (Å²) in [6.07, 6.45) is -3.81. The van der Waals surface area contributed by atoms with Crippen LogP contribution in [0.3, 0.4) is 0 Å². The fourth-order valence-electron chi connectivity index (χ4n) is 4.40. The van der Waals surface area contributed by atoms with Gasteiger partial charge in [-0.3, -0.25) is 0 Å². The molecule has 0 saturated carbocycles. The van der Waals surface area contributed by atoms with Crippen LogP contribution >= 0.6 is 0 Å². The van der Waals surface area contributed by atoms with Gasteiger partial charge in [-0.15, -0.1) is 0 Å². The Kier molecular flexibility index (Phi) is 9.92. The third kappa shape index (κ3) is 8.00. The van der Waals surface area contributed by atoms with Gasteiger partial charge in [0.25, 0.3) is 0 Å². The molecule has 1 aliphatic heterocycles. The van der Waals surface area contributed by atoms with Crippen molar-refractivity contribution in [2.45, 2.75) is 44.4 Å². The lowest BCUT2D eigenvalue weighted by molar-refractivity contribution is -0.161. The summed E-state index contributed by atoms with van der Waals surface area (Å²) in [7, 11) is 0. The zero-order chi connectivity index (χ0) is 27.4. The summed E-state index contributed by atoms with van der Waals surface area (Å²) in [6, 6.07) is 38.2. The number of carbonyl (C=O) groups excluding carboxylic acids is 1. The molecule has 4 aromatic rings. The second-order valence-electron chi connectivity index (χ2n) is 9.35. The Morgan fingerprint density at radius 3 is 1.62 bits per heavy atom. The Morgan fingerprint density at radius 2 is 1.07 bits per heavy atom. The topological polar surface area (TPSA) is 72.5 Å². The van der Waals surface area contributed by atoms with E-state index in [0.29, 0.717) is 19.0 Å². The van der Waals surface area contributed by atoms with E-state index in [-0.39, 0.29) is 13.2 Å². The maximum Gasteiger partial charge on any atom is 0.516 e. The van der Waals surface area contributed by atoms with Crippen LogP contribution in [0.4, 0.5) is 4.79 Å². The summed E-state index contributed by atoms with van der Waals surface area (Å²) in [5, 5.41) is 0. The Labute approximate surface area is 234 Å². The first-order valence-corrected chi connectivity index (χ1v) is 13.3. The first kappa shape index (κ1) is 27.6. The molecule has 206 valence electrons. The lowest BCUT2D eigenvalue weighted by atomic mass is 10.1. The average Bonchev–Trinajstić information content (AvgIpc) is 3.32. The third-order valence-electron chi connectivity index (χ3n) is 6.39. The lowest BCUT2D eigenvalue weighted by Gasteiger charge is -2.24. The van der Waals surface area contributed by atoms with E-state index in [9.17, 15) is 4.79 Å². The summed E-state index contributed by atoms with van der Waals surface area (Å²) in [6.45, 7) is 1.23. The molecule has 7 nitrogen and oxygen atoms in total. The second-order valence-corrected chi connectivity index (χ2v) is 9.35. The molecule has 0 radical (unpaired) electrons. The lowest BCUT2D eigenvalue weighted by Crippen LogP contribution is -2.40. The van der Waals surface area contributed by atoms with Gasteiger partial charge < -0.3 is 28.4 Å². The van der Waals surface area contributed by atoms with E-state index in [1.165, 1.54) is 0 Å². The minimum absolute atomic E-state index is 0.215. The molecule has 4 atom stereocenters. The monoisotopic (exact) mass is 540 g/mol. The van der Waals surface area contributed by atoms with Crippen LogP contribution in [0.15, 0.2) is 121 Å². The van der Waals surface area contributed by atoms with Gasteiger partial charge in [-0.05, 0) is 28.8 Å². The Morgan fingerprint density at radius 1 is 0.600 bits per heavy atom. The van der Waals surface area contributed by atoms with Crippen LogP contribution in [0.2, 0.25) is 0 Å². The maximum absolute atomic E-state index is 12.7. The van der Waals surface area contributed by atoms with Crippen molar-refractivity contribution in [3.63, 3.8) is 0 Å². The summed E-state index contributed by atoms with van der Waals surface area (Å²) in [4.78, 5) is 12.7. The van der Waals surface area contributed by atoms with Crippen LogP contribution in [0.5, 0.6) is 5.75 Å². The fourth-order valence-corrected chi connectivity index (χ4v) is 4.40. The van der Waals surface area contributed by atoms with E-state index in [1.54, 1.807) is 24.3 Å². The minimum atomic E-state index is -1.06. The molecule has 40 heavy (non-hydrogen) atoms. The van der Waals surface area contributed by atoms with Gasteiger partial charge in [0.05, 0.1) is 26.4 Å². The van der Waals surface area contributed by atoms with Gasteiger partial charge in [-0.2, -0.15) is 0 Å². The van der Waals surface area contributed by atoms with Gasteiger partial charge in [0.1, 0.15) is 24.1 Å². The van der Waals surface area contributed by atoms with Crippen LogP contribution in [-0.4, -0.2) is 37.4 Å². The summed E-state index contributed by atoms with van der Waals surface area (Å²) in [5.74, 6) is 0.367. The first-order chi connectivity index (χ1) is 19.7. The van der Waals surface area contributed by atoms with Gasteiger partial charge in [0.15, 0.2) is 0 Å². The molecular weight excluding hydrogens is 508 g/mol. The van der Waals surface area contributed by atoms with Crippen molar-refractivity contribution in [2.75, 3.05) is 6.61 Å². The summed E-state index contributed by atoms with van der Waals surface area (Å²) < 4.78 is 35.9. The number of para-hydroxylation sites is 1. The SMILES string of the molecule is O=C(Oc1ccccc1)OC1O[C@H](COCc2ccccc2)[C@@H](OCc2ccccc2)[C@H]1OCc1ccccc1. The highest BCUT2D eigenvalue weighted by atomic mass is 16.8. The number of rotatable bonds is 12. The van der Waals surface area contributed by atoms with Crippen molar-refractivity contribution in [1.29, 1.82) is 0 Å². The molecule has 0 amide bonds. The van der Waals surface area contributed by atoms with Crippen molar-refractivity contribution in [1.82, 2.24) is 0 Å². The zero-order valence-electron chi connectivity index (χ0n) is 22.0. The molecule has 1 heterocycles. The Hall–Kier alpha value is -4.01. The van der Waals surface area contributed by atoms with E-state index in [0.717, 1.165) is 16.7 Å². The van der Waals surface area contributed by atoms with E-state index >= 15 is 0 Å². The normalized spacial score (nSPS) is 20.2. The van der Waals surface area contributed by atoms with Gasteiger partial charge in [-0.1, -0.05) is 109 Å². The van der Waals surface area contributed by atoms with E-state index < -0.39 is 30.8 Å². The molecule has 1 unspecified atom stereocenters. The number of hydrogen-bond donors (Lipinski definition) is 0. The second kappa shape index (κ2) is 14.4. The molecule has 5 rings (SSSR count). The molecular formula is C33H32O7. The average molecular weight is 541 g/mol. The molecule has 0 bridgehead atoms. The van der Waals surface area contributed by atoms with Crippen LogP contribution in [0.1, 0.15) is 16.7 Å². The van der Waals surface area contributed by atoms with E-state index in [4.69, 9.17) is 28.4 Å². The van der Waals surface area contributed by atoms with Gasteiger partial charge >= 0.3 is 6.16 Å². The molecule has 0 aromatic heterocycles. The molecule has 1 fully saturated rings. The van der Waals surface area contributed by atoms with Crippen molar-refractivity contribution in [3.8, 4) is 5.75 Å². The van der Waals surface area contributed by atoms with Crippen LogP contribution in [0.25, 0.3) is 0 Å². The standard InChI is InChI=1S/C33H32O7/c34-33(38-28-19-11-4-12-20-28)40-32-31(37-23-27-17-9-3-10-18-27)30(36-22-26-15-7-2-8-16-26)29(39-32)24-35-21-25-13-5-1-6-14-25/h1-20,29-32H,21-24H2/t29-,30-,31-,32?/m1/s1.